The van der Waals surface area contributed by atoms with E-state index in [1.807, 2.05) is 60.7 Å². The number of benzene rings is 2. The third kappa shape index (κ3) is 4.46. The molecule has 0 saturated heterocycles. The fourth-order valence-corrected chi connectivity index (χ4v) is 2.87. The Kier molecular flexibility index (Phi) is 5.29. The molecule has 0 spiro atoms. The molecule has 0 saturated carbocycles. The Balaban J connectivity index is 1.59. The number of Topliss-reactive ketones (excluding diaryl/α,β-unsaturated/α-hetero) is 1. The lowest BCUT2D eigenvalue weighted by molar-refractivity contribution is 0.101. The average molecular weight is 335 g/mol. The number of carbonyl (C=O) groups excluding carboxylic acids is 1. The van der Waals surface area contributed by atoms with Gasteiger partial charge in [0.2, 0.25) is 0 Å². The molecule has 3 rings (SSSR count). The van der Waals surface area contributed by atoms with E-state index in [0.29, 0.717) is 12.2 Å². The summed E-state index contributed by atoms with van der Waals surface area (Å²) in [7, 11) is 0. The van der Waals surface area contributed by atoms with E-state index < -0.39 is 0 Å². The monoisotopic (exact) mass is 335 g/mol. The van der Waals surface area contributed by atoms with Crippen LogP contribution in [-0.4, -0.2) is 10.8 Å². The Labute approximate surface area is 145 Å². The van der Waals surface area contributed by atoms with Crippen molar-refractivity contribution in [2.75, 3.05) is 0 Å². The van der Waals surface area contributed by atoms with Gasteiger partial charge in [0.1, 0.15) is 17.4 Å². The molecule has 1 aromatic heterocycles. The van der Waals surface area contributed by atoms with Crippen LogP contribution in [-0.2, 0) is 6.61 Å². The van der Waals surface area contributed by atoms with E-state index >= 15 is 0 Å². The highest BCUT2D eigenvalue weighted by Gasteiger charge is 2.03. The predicted molar refractivity (Wildman–Crippen MR) is 95.6 cm³/mol. The van der Waals surface area contributed by atoms with Crippen LogP contribution in [0.5, 0.6) is 5.75 Å². The van der Waals surface area contributed by atoms with Crippen molar-refractivity contribution in [2.45, 2.75) is 23.5 Å². The lowest BCUT2D eigenvalue weighted by Crippen LogP contribution is -1.94. The summed E-state index contributed by atoms with van der Waals surface area (Å²) in [5.41, 5.74) is 1.77. The maximum atomic E-state index is 11.3. The Bertz CT molecular complexity index is 799. The summed E-state index contributed by atoms with van der Waals surface area (Å²) < 4.78 is 5.78. The van der Waals surface area contributed by atoms with Crippen molar-refractivity contribution >= 4 is 17.5 Å². The number of hydrogen-bond acceptors (Lipinski definition) is 4. The first-order valence-electron chi connectivity index (χ1n) is 7.62. The summed E-state index contributed by atoms with van der Waals surface area (Å²) in [6, 6.07) is 21.7. The van der Waals surface area contributed by atoms with E-state index in [0.717, 1.165) is 21.2 Å². The predicted octanol–water partition coefficient (Wildman–Crippen LogP) is 5.01. The summed E-state index contributed by atoms with van der Waals surface area (Å²) >= 11 is 1.55. The van der Waals surface area contributed by atoms with Gasteiger partial charge in [-0.25, -0.2) is 4.98 Å². The van der Waals surface area contributed by atoms with Crippen LogP contribution in [0, 0.1) is 0 Å². The topological polar surface area (TPSA) is 39.2 Å². The second kappa shape index (κ2) is 7.79. The molecule has 0 unspecified atom stereocenters. The van der Waals surface area contributed by atoms with Crippen LogP contribution in [0.15, 0.2) is 82.8 Å². The van der Waals surface area contributed by atoms with Crippen LogP contribution in [0.25, 0.3) is 0 Å². The second-order valence-corrected chi connectivity index (χ2v) is 6.38. The normalized spacial score (nSPS) is 10.4. The van der Waals surface area contributed by atoms with Gasteiger partial charge in [-0.15, -0.1) is 0 Å². The van der Waals surface area contributed by atoms with E-state index in [1.165, 1.54) is 6.92 Å². The standard InChI is InChI=1S/C20H17NO2S/c1-15(22)17-7-12-20(21-13-17)24-19-10-8-18(9-11-19)23-14-16-5-3-2-4-6-16/h2-13H,14H2,1H3. The molecule has 0 radical (unpaired) electrons. The lowest BCUT2D eigenvalue weighted by Gasteiger charge is -2.07. The summed E-state index contributed by atoms with van der Waals surface area (Å²) in [5.74, 6) is 0.863. The molecule has 2 aromatic carbocycles. The zero-order chi connectivity index (χ0) is 16.8. The molecular weight excluding hydrogens is 318 g/mol. The molecule has 0 aliphatic carbocycles. The first kappa shape index (κ1) is 16.3. The molecule has 0 N–H and O–H groups in total. The van der Waals surface area contributed by atoms with Crippen molar-refractivity contribution in [3.63, 3.8) is 0 Å². The Hall–Kier alpha value is -2.59. The molecule has 24 heavy (non-hydrogen) atoms. The van der Waals surface area contributed by atoms with Gasteiger partial charge in [0.15, 0.2) is 5.78 Å². The molecule has 0 aliphatic rings. The van der Waals surface area contributed by atoms with Crippen molar-refractivity contribution in [3.8, 4) is 5.75 Å². The van der Waals surface area contributed by atoms with Crippen molar-refractivity contribution in [2.24, 2.45) is 0 Å². The van der Waals surface area contributed by atoms with Gasteiger partial charge in [-0.2, -0.15) is 0 Å². The zero-order valence-corrected chi connectivity index (χ0v) is 14.1. The van der Waals surface area contributed by atoms with Gasteiger partial charge in [0.25, 0.3) is 0 Å². The number of carbonyl (C=O) groups is 1. The molecule has 0 aliphatic heterocycles. The Morgan fingerprint density at radius 1 is 1.00 bits per heavy atom. The first-order chi connectivity index (χ1) is 11.7. The van der Waals surface area contributed by atoms with E-state index in [2.05, 4.69) is 4.98 Å². The third-order valence-electron chi connectivity index (χ3n) is 3.44. The molecule has 4 heteroatoms. The molecule has 3 aromatic rings. The summed E-state index contributed by atoms with van der Waals surface area (Å²) in [4.78, 5) is 16.6. The van der Waals surface area contributed by atoms with Gasteiger partial charge >= 0.3 is 0 Å². The van der Waals surface area contributed by atoms with E-state index in [-0.39, 0.29) is 5.78 Å². The lowest BCUT2D eigenvalue weighted by atomic mass is 10.2. The second-order valence-electron chi connectivity index (χ2n) is 5.29. The van der Waals surface area contributed by atoms with E-state index in [9.17, 15) is 4.79 Å². The van der Waals surface area contributed by atoms with E-state index in [4.69, 9.17) is 4.74 Å². The number of aromatic nitrogens is 1. The highest BCUT2D eigenvalue weighted by atomic mass is 32.2. The van der Waals surface area contributed by atoms with Crippen molar-refractivity contribution in [1.82, 2.24) is 4.98 Å². The smallest absolute Gasteiger partial charge is 0.161 e. The maximum Gasteiger partial charge on any atom is 0.161 e. The van der Waals surface area contributed by atoms with Gasteiger partial charge in [-0.05, 0) is 48.9 Å². The van der Waals surface area contributed by atoms with Crippen LogP contribution in [0.4, 0.5) is 0 Å². The largest absolute Gasteiger partial charge is 0.489 e. The van der Waals surface area contributed by atoms with Crippen molar-refractivity contribution in [1.29, 1.82) is 0 Å². The maximum absolute atomic E-state index is 11.3. The minimum absolute atomic E-state index is 0.0268. The Morgan fingerprint density at radius 3 is 2.38 bits per heavy atom. The minimum Gasteiger partial charge on any atom is -0.489 e. The van der Waals surface area contributed by atoms with Crippen LogP contribution in [0.1, 0.15) is 22.8 Å². The van der Waals surface area contributed by atoms with Crippen molar-refractivity contribution in [3.05, 3.63) is 84.1 Å². The quantitative estimate of drug-likeness (QED) is 0.593. The molecule has 0 amide bonds. The highest BCUT2D eigenvalue weighted by Crippen LogP contribution is 2.27. The fourth-order valence-electron chi connectivity index (χ4n) is 2.11. The number of ketones is 1. The molecule has 0 fully saturated rings. The van der Waals surface area contributed by atoms with Crippen molar-refractivity contribution < 1.29 is 9.53 Å². The summed E-state index contributed by atoms with van der Waals surface area (Å²) in [6.45, 7) is 2.10. The molecular formula is C20H17NO2S. The number of rotatable bonds is 6. The van der Waals surface area contributed by atoms with Gasteiger partial charge in [-0.1, -0.05) is 42.1 Å². The average Bonchev–Trinajstić information content (AvgIpc) is 2.62. The number of hydrogen-bond donors (Lipinski definition) is 0. The minimum atomic E-state index is 0.0268. The Morgan fingerprint density at radius 2 is 1.75 bits per heavy atom. The molecule has 0 bridgehead atoms. The van der Waals surface area contributed by atoms with Gasteiger partial charge in [0, 0.05) is 16.7 Å². The fraction of sp³-hybridized carbons (Fsp3) is 0.100. The SMILES string of the molecule is CC(=O)c1ccc(Sc2ccc(OCc3ccccc3)cc2)nc1. The number of pyridine rings is 1. The van der Waals surface area contributed by atoms with Gasteiger partial charge < -0.3 is 4.74 Å². The highest BCUT2D eigenvalue weighted by molar-refractivity contribution is 7.99. The number of nitrogens with zero attached hydrogens (tertiary/aromatic N) is 1. The van der Waals surface area contributed by atoms with Gasteiger partial charge in [0.05, 0.1) is 0 Å². The van der Waals surface area contributed by atoms with Crippen LogP contribution in [0.2, 0.25) is 0 Å². The van der Waals surface area contributed by atoms with Crippen LogP contribution < -0.4 is 4.74 Å². The molecule has 3 nitrogen and oxygen atoms in total. The molecule has 1 heterocycles. The summed E-state index contributed by atoms with van der Waals surface area (Å²) in [5, 5.41) is 0.859. The van der Waals surface area contributed by atoms with Crippen LogP contribution >= 0.6 is 11.8 Å². The first-order valence-corrected chi connectivity index (χ1v) is 8.44. The third-order valence-corrected chi connectivity index (χ3v) is 4.40. The molecule has 120 valence electrons. The number of ether oxygens (including phenoxy) is 1. The summed E-state index contributed by atoms with van der Waals surface area (Å²) in [6.07, 6.45) is 1.61. The molecule has 0 atom stereocenters. The van der Waals surface area contributed by atoms with Gasteiger partial charge in [-0.3, -0.25) is 4.79 Å². The van der Waals surface area contributed by atoms with E-state index in [1.54, 1.807) is 24.0 Å². The zero-order valence-electron chi connectivity index (χ0n) is 13.3. The van der Waals surface area contributed by atoms with Crippen LogP contribution in [0.3, 0.4) is 0 Å².